The van der Waals surface area contributed by atoms with Crippen molar-refractivity contribution in [3.8, 4) is 23.6 Å². The van der Waals surface area contributed by atoms with Crippen molar-refractivity contribution < 1.29 is 57.0 Å². The number of carbonyl (C=O) groups excluding carboxylic acids is 2. The van der Waals surface area contributed by atoms with Crippen molar-refractivity contribution in [3.05, 3.63) is 19.6 Å². The van der Waals surface area contributed by atoms with E-state index in [-0.39, 0.29) is 50.8 Å². The predicted molar refractivity (Wildman–Crippen MR) is 196 cm³/mol. The molecule has 0 unspecified atom stereocenters. The van der Waals surface area contributed by atoms with Crippen LogP contribution in [0.2, 0.25) is 0 Å². The lowest BCUT2D eigenvalue weighted by Gasteiger charge is -2.18. The van der Waals surface area contributed by atoms with E-state index in [0.717, 1.165) is 0 Å². The second-order valence-electron chi connectivity index (χ2n) is 9.91. The largest absolute Gasteiger partial charge is 0.489 e. The molecule has 2 aliphatic rings. The minimum Gasteiger partial charge on any atom is -0.489 e. The van der Waals surface area contributed by atoms with Gasteiger partial charge < -0.3 is 47.4 Å². The Morgan fingerprint density at radius 3 is 1.06 bits per heavy atom. The van der Waals surface area contributed by atoms with E-state index in [1.54, 1.807) is 0 Å². The zero-order valence-corrected chi connectivity index (χ0v) is 33.0. The van der Waals surface area contributed by atoms with Crippen LogP contribution in [0, 0.1) is 22.7 Å². The normalized spacial score (nSPS) is 12.9. The zero-order chi connectivity index (χ0) is 37.6. The number of thioether (sulfide) groups is 4. The van der Waals surface area contributed by atoms with E-state index in [2.05, 4.69) is 0 Å². The number of rotatable bonds is 26. The molecular formula is C34H44N2O12S4. The fourth-order valence-corrected chi connectivity index (χ4v) is 9.56. The summed E-state index contributed by atoms with van der Waals surface area (Å²) in [4.78, 5) is 28.6. The van der Waals surface area contributed by atoms with Gasteiger partial charge in [0.2, 0.25) is 0 Å². The van der Waals surface area contributed by atoms with Gasteiger partial charge in [0.05, 0.1) is 80.9 Å². The first-order valence-electron chi connectivity index (χ1n) is 16.8. The zero-order valence-electron chi connectivity index (χ0n) is 29.7. The van der Waals surface area contributed by atoms with Gasteiger partial charge in [-0.25, -0.2) is 9.59 Å². The molecule has 2 aliphatic heterocycles. The minimum absolute atomic E-state index is 0.0371. The molecule has 0 saturated carbocycles. The third-order valence-corrected chi connectivity index (χ3v) is 11.7. The van der Waals surface area contributed by atoms with Crippen LogP contribution in [-0.2, 0) is 47.5 Å². The van der Waals surface area contributed by atoms with Crippen LogP contribution in [-0.4, -0.2) is 118 Å². The van der Waals surface area contributed by atoms with Crippen molar-refractivity contribution in [2.24, 2.45) is 0 Å². The van der Waals surface area contributed by atoms with Gasteiger partial charge in [-0.2, -0.15) is 10.5 Å². The molecule has 2 heterocycles. The highest BCUT2D eigenvalue weighted by atomic mass is 32.2. The molecule has 18 heteroatoms. The number of fused-ring (bicyclic) bond motifs is 2. The van der Waals surface area contributed by atoms with Crippen molar-refractivity contribution in [2.75, 3.05) is 106 Å². The van der Waals surface area contributed by atoms with Crippen LogP contribution >= 0.6 is 47.0 Å². The molecule has 0 spiro atoms. The van der Waals surface area contributed by atoms with E-state index in [4.69, 9.17) is 47.4 Å². The van der Waals surface area contributed by atoms with Gasteiger partial charge in [0.25, 0.3) is 0 Å². The highest BCUT2D eigenvalue weighted by Crippen LogP contribution is 2.68. The van der Waals surface area contributed by atoms with E-state index < -0.39 is 11.9 Å². The van der Waals surface area contributed by atoms with Crippen LogP contribution in [0.25, 0.3) is 0 Å². The van der Waals surface area contributed by atoms with E-state index >= 15 is 0 Å². The summed E-state index contributed by atoms with van der Waals surface area (Å²) in [7, 11) is 0. The lowest BCUT2D eigenvalue weighted by Crippen LogP contribution is -2.14. The highest BCUT2D eigenvalue weighted by molar-refractivity contribution is 8.26. The fourth-order valence-electron chi connectivity index (χ4n) is 4.17. The first kappa shape index (κ1) is 43.8. The monoisotopic (exact) mass is 800 g/mol. The van der Waals surface area contributed by atoms with E-state index in [1.807, 2.05) is 39.8 Å². The molecule has 0 amide bonds. The number of nitrogens with zero attached hydrogens (tertiary/aromatic N) is 2. The van der Waals surface area contributed by atoms with Crippen molar-refractivity contribution in [3.63, 3.8) is 0 Å². The summed E-state index contributed by atoms with van der Waals surface area (Å²) < 4.78 is 56.4. The average Bonchev–Trinajstić information content (AvgIpc) is 3.77. The first-order chi connectivity index (χ1) is 25.4. The van der Waals surface area contributed by atoms with Gasteiger partial charge in [-0.15, -0.1) is 0 Å². The lowest BCUT2D eigenvalue weighted by molar-refractivity contribution is -0.141. The molecule has 1 aromatic rings. The first-order valence-corrected chi connectivity index (χ1v) is 20.0. The Balaban J connectivity index is 1.93. The quantitative estimate of drug-likeness (QED) is 0.0491. The number of esters is 2. The summed E-state index contributed by atoms with van der Waals surface area (Å²) >= 11 is 4.73. The molecule has 1 aromatic carbocycles. The summed E-state index contributed by atoms with van der Waals surface area (Å²) in [6.45, 7) is 12.5. The third-order valence-electron chi connectivity index (χ3n) is 6.49. The highest BCUT2D eigenvalue weighted by Gasteiger charge is 2.40. The molecule has 0 aliphatic carbocycles. The number of carbonyl (C=O) groups is 2. The smallest absolute Gasteiger partial charge is 0.350 e. The maximum Gasteiger partial charge on any atom is 0.350 e. The summed E-state index contributed by atoms with van der Waals surface area (Å²) in [5.74, 6) is -0.670. The van der Waals surface area contributed by atoms with Gasteiger partial charge in [0.15, 0.2) is 11.1 Å². The van der Waals surface area contributed by atoms with Gasteiger partial charge in [-0.1, -0.05) is 47.0 Å². The molecule has 52 heavy (non-hydrogen) atoms. The third kappa shape index (κ3) is 13.3. The average molecular weight is 801 g/mol. The molecule has 14 nitrogen and oxygen atoms in total. The van der Waals surface area contributed by atoms with Crippen LogP contribution < -0.4 is 9.47 Å². The minimum atomic E-state index is -0.783. The number of nitriles is 2. The Bertz CT molecular complexity index is 1340. The Kier molecular flexibility index (Phi) is 21.4. The van der Waals surface area contributed by atoms with Crippen molar-refractivity contribution in [1.82, 2.24) is 0 Å². The van der Waals surface area contributed by atoms with Crippen LogP contribution in [0.15, 0.2) is 39.2 Å². The number of hydrogen-bond acceptors (Lipinski definition) is 18. The topological polar surface area (TPSA) is 174 Å². The number of hydrogen-bond donors (Lipinski definition) is 0. The molecule has 0 radical (unpaired) electrons. The van der Waals surface area contributed by atoms with E-state index in [9.17, 15) is 20.1 Å². The fraction of sp³-hybridized carbons (Fsp3) is 0.588. The van der Waals surface area contributed by atoms with Crippen molar-refractivity contribution in [1.29, 1.82) is 10.5 Å². The maximum absolute atomic E-state index is 13.1. The van der Waals surface area contributed by atoms with Gasteiger partial charge in [-0.3, -0.25) is 0 Å². The Morgan fingerprint density at radius 2 is 0.750 bits per heavy atom. The summed E-state index contributed by atoms with van der Waals surface area (Å²) in [5.41, 5.74) is -0.336. The Morgan fingerprint density at radius 1 is 0.462 bits per heavy atom. The van der Waals surface area contributed by atoms with Gasteiger partial charge >= 0.3 is 11.9 Å². The van der Waals surface area contributed by atoms with Crippen LogP contribution in [0.5, 0.6) is 11.5 Å². The van der Waals surface area contributed by atoms with Gasteiger partial charge in [0.1, 0.15) is 50.1 Å². The second-order valence-corrected chi connectivity index (χ2v) is 14.5. The van der Waals surface area contributed by atoms with Crippen molar-refractivity contribution in [2.45, 2.75) is 47.3 Å². The van der Waals surface area contributed by atoms with Gasteiger partial charge in [0, 0.05) is 26.4 Å². The molecular weight excluding hydrogens is 757 g/mol. The standard InChI is InChI=1S/C34H44N2O12S4/c1-5-39-9-11-43-15-19-47-31(37)23(21-35)33-49-27-25(45-17-13-41-7-3)29-30(26(28(27)50-33)46-18-14-42-8-4)52-34(51-29)24(22-36)32(38)48-20-16-44-12-10-40-6-2/h5-20H2,1-4H3. The molecule has 0 atom stereocenters. The van der Waals surface area contributed by atoms with Crippen LogP contribution in [0.1, 0.15) is 27.7 Å². The molecule has 0 bridgehead atoms. The molecule has 0 fully saturated rings. The maximum atomic E-state index is 13.1. The summed E-state index contributed by atoms with van der Waals surface area (Å²) in [5, 5.41) is 20.1. The Labute approximate surface area is 321 Å². The van der Waals surface area contributed by atoms with Crippen molar-refractivity contribution >= 4 is 59.0 Å². The predicted octanol–water partition coefficient (Wildman–Crippen LogP) is 5.58. The molecule has 286 valence electrons. The molecule has 3 rings (SSSR count). The van der Waals surface area contributed by atoms with E-state index in [0.29, 0.717) is 106 Å². The second kappa shape index (κ2) is 25.4. The van der Waals surface area contributed by atoms with Gasteiger partial charge in [-0.05, 0) is 27.7 Å². The molecule has 0 aromatic heterocycles. The van der Waals surface area contributed by atoms with E-state index in [1.165, 1.54) is 47.0 Å². The van der Waals surface area contributed by atoms with Crippen LogP contribution in [0.3, 0.4) is 0 Å². The number of benzene rings is 1. The van der Waals surface area contributed by atoms with Crippen LogP contribution in [0.4, 0.5) is 0 Å². The summed E-state index contributed by atoms with van der Waals surface area (Å²) in [6.07, 6.45) is 0. The SMILES string of the molecule is CCOCCOCCOC(=O)C(C#N)=C1Sc2c(OCCOCC)c3c(c(OCCOCC)c2S1)SC(=C(C#N)C(=O)OCCOCCOCC)S3. The Hall–Kier alpha value is -2.62. The summed E-state index contributed by atoms with van der Waals surface area (Å²) in [6, 6.07) is 4.00. The molecule has 0 saturated heterocycles. The molecule has 0 N–H and O–H groups in total. The lowest BCUT2D eigenvalue weighted by atomic mass is 10.3. The number of ether oxygens (including phenoxy) is 10.